The number of hydrogen-bond acceptors (Lipinski definition) is 5. The minimum absolute atomic E-state index is 0.0514. The van der Waals surface area contributed by atoms with E-state index in [9.17, 15) is 14.4 Å². The number of carbonyl (C=O) groups is 1. The van der Waals surface area contributed by atoms with Gasteiger partial charge in [-0.2, -0.15) is 0 Å². The number of piperazine rings is 1. The molecule has 31 heavy (non-hydrogen) atoms. The van der Waals surface area contributed by atoms with Crippen LogP contribution >= 0.6 is 0 Å². The van der Waals surface area contributed by atoms with Crippen molar-refractivity contribution in [1.82, 2.24) is 14.5 Å². The number of aromatic nitrogens is 2. The van der Waals surface area contributed by atoms with Crippen LogP contribution in [-0.2, 0) is 11.3 Å². The summed E-state index contributed by atoms with van der Waals surface area (Å²) in [5.74, 6) is 0.866. The first kappa shape index (κ1) is 20.7. The number of anilines is 1. The minimum atomic E-state index is -0.442. The van der Waals surface area contributed by atoms with Crippen molar-refractivity contribution in [3.63, 3.8) is 0 Å². The molecule has 2 heterocycles. The molecule has 1 aromatic heterocycles. The zero-order valence-electron chi connectivity index (χ0n) is 17.5. The number of methoxy groups -OCH3 is 1. The summed E-state index contributed by atoms with van der Waals surface area (Å²) in [5.41, 5.74) is 0.849. The average Bonchev–Trinajstić information content (AvgIpc) is 2.81. The summed E-state index contributed by atoms with van der Waals surface area (Å²) in [6, 6.07) is 14.8. The van der Waals surface area contributed by atoms with Crippen LogP contribution in [0.1, 0.15) is 12.8 Å². The SMILES string of the molecule is COc1cccc(N2CCN(C(=O)CCCn3c(=O)[nH]c4ccccc4c3=O)CC2)c1. The van der Waals surface area contributed by atoms with E-state index in [2.05, 4.69) is 9.88 Å². The Labute approximate surface area is 179 Å². The van der Waals surface area contributed by atoms with Gasteiger partial charge in [0.15, 0.2) is 0 Å². The third kappa shape index (κ3) is 4.47. The van der Waals surface area contributed by atoms with Gasteiger partial charge in [-0.1, -0.05) is 18.2 Å². The highest BCUT2D eigenvalue weighted by Gasteiger charge is 2.21. The molecule has 1 N–H and O–H groups in total. The molecule has 162 valence electrons. The van der Waals surface area contributed by atoms with Crippen LogP contribution in [0.15, 0.2) is 58.1 Å². The van der Waals surface area contributed by atoms with Crippen LogP contribution in [0.2, 0.25) is 0 Å². The molecular formula is C23H26N4O4. The van der Waals surface area contributed by atoms with E-state index >= 15 is 0 Å². The molecule has 1 aliphatic rings. The number of para-hydroxylation sites is 1. The van der Waals surface area contributed by atoms with Crippen molar-refractivity contribution >= 4 is 22.5 Å². The van der Waals surface area contributed by atoms with Gasteiger partial charge in [0.05, 0.1) is 18.0 Å². The van der Waals surface area contributed by atoms with Crippen LogP contribution in [-0.4, -0.2) is 53.6 Å². The second kappa shape index (κ2) is 9.07. The first-order valence-corrected chi connectivity index (χ1v) is 10.5. The number of benzene rings is 2. The maximum atomic E-state index is 12.6. The number of H-pyrrole nitrogens is 1. The van der Waals surface area contributed by atoms with Gasteiger partial charge >= 0.3 is 5.69 Å². The molecular weight excluding hydrogens is 396 g/mol. The van der Waals surface area contributed by atoms with Gasteiger partial charge < -0.3 is 19.5 Å². The zero-order valence-corrected chi connectivity index (χ0v) is 17.5. The van der Waals surface area contributed by atoms with Gasteiger partial charge in [-0.15, -0.1) is 0 Å². The summed E-state index contributed by atoms with van der Waals surface area (Å²) >= 11 is 0. The van der Waals surface area contributed by atoms with Gasteiger partial charge in [0.1, 0.15) is 5.75 Å². The van der Waals surface area contributed by atoms with Gasteiger partial charge in [-0.05, 0) is 30.7 Å². The van der Waals surface area contributed by atoms with Crippen LogP contribution in [0, 0.1) is 0 Å². The maximum absolute atomic E-state index is 12.6. The van der Waals surface area contributed by atoms with E-state index < -0.39 is 5.69 Å². The number of nitrogens with one attached hydrogen (secondary N) is 1. The lowest BCUT2D eigenvalue weighted by Crippen LogP contribution is -2.48. The molecule has 0 bridgehead atoms. The fraction of sp³-hybridized carbons (Fsp3) is 0.348. The molecule has 8 heteroatoms. The van der Waals surface area contributed by atoms with Crippen molar-refractivity contribution in [2.45, 2.75) is 19.4 Å². The number of ether oxygens (including phenoxy) is 1. The number of rotatable bonds is 6. The van der Waals surface area contributed by atoms with E-state index in [1.54, 1.807) is 31.4 Å². The predicted molar refractivity (Wildman–Crippen MR) is 120 cm³/mol. The highest BCUT2D eigenvalue weighted by atomic mass is 16.5. The van der Waals surface area contributed by atoms with Crippen LogP contribution in [0.5, 0.6) is 5.75 Å². The van der Waals surface area contributed by atoms with E-state index in [0.29, 0.717) is 36.8 Å². The number of carbonyl (C=O) groups excluding carboxylic acids is 1. The van der Waals surface area contributed by atoms with E-state index in [4.69, 9.17) is 4.74 Å². The summed E-state index contributed by atoms with van der Waals surface area (Å²) in [6.07, 6.45) is 0.744. The van der Waals surface area contributed by atoms with E-state index in [0.717, 1.165) is 24.5 Å². The molecule has 0 spiro atoms. The highest BCUT2D eigenvalue weighted by Crippen LogP contribution is 2.22. The summed E-state index contributed by atoms with van der Waals surface area (Å²) in [4.78, 5) is 44.3. The van der Waals surface area contributed by atoms with Crippen molar-refractivity contribution in [3.8, 4) is 5.75 Å². The lowest BCUT2D eigenvalue weighted by Gasteiger charge is -2.36. The molecule has 1 aliphatic heterocycles. The molecule has 1 amide bonds. The normalized spacial score (nSPS) is 14.1. The quantitative estimate of drug-likeness (QED) is 0.655. The molecule has 8 nitrogen and oxygen atoms in total. The van der Waals surface area contributed by atoms with Gasteiger partial charge in [0, 0.05) is 50.9 Å². The lowest BCUT2D eigenvalue weighted by molar-refractivity contribution is -0.131. The van der Waals surface area contributed by atoms with Crippen LogP contribution in [0.25, 0.3) is 10.9 Å². The van der Waals surface area contributed by atoms with Crippen molar-refractivity contribution in [3.05, 3.63) is 69.4 Å². The second-order valence-corrected chi connectivity index (χ2v) is 7.61. The largest absolute Gasteiger partial charge is 0.497 e. The van der Waals surface area contributed by atoms with Crippen LogP contribution in [0.3, 0.4) is 0 Å². The van der Waals surface area contributed by atoms with Crippen molar-refractivity contribution in [1.29, 1.82) is 0 Å². The molecule has 0 saturated carbocycles. The average molecular weight is 422 g/mol. The number of hydrogen-bond donors (Lipinski definition) is 1. The summed E-state index contributed by atoms with van der Waals surface area (Å²) in [5, 5.41) is 0.474. The summed E-state index contributed by atoms with van der Waals surface area (Å²) in [7, 11) is 1.65. The summed E-state index contributed by atoms with van der Waals surface area (Å²) < 4.78 is 6.46. The monoisotopic (exact) mass is 422 g/mol. The van der Waals surface area contributed by atoms with Gasteiger partial charge in [0.2, 0.25) is 5.91 Å². The highest BCUT2D eigenvalue weighted by molar-refractivity contribution is 5.77. The number of amides is 1. The zero-order chi connectivity index (χ0) is 21.8. The number of aromatic amines is 1. The molecule has 2 aromatic carbocycles. The standard InChI is InChI=1S/C23H26N4O4/c1-31-18-7-4-6-17(16-18)25-12-14-26(15-13-25)21(28)10-5-11-27-22(29)19-8-2-3-9-20(19)24-23(27)30/h2-4,6-9,16H,5,10-15H2,1H3,(H,24,30). The molecule has 4 rings (SSSR count). The van der Waals surface area contributed by atoms with E-state index in [1.165, 1.54) is 4.57 Å². The van der Waals surface area contributed by atoms with Crippen molar-refractivity contribution in [2.24, 2.45) is 0 Å². The number of nitrogens with zero attached hydrogens (tertiary/aromatic N) is 3. The minimum Gasteiger partial charge on any atom is -0.497 e. The van der Waals surface area contributed by atoms with Crippen molar-refractivity contribution in [2.75, 3.05) is 38.2 Å². The topological polar surface area (TPSA) is 87.6 Å². The molecule has 3 aromatic rings. The van der Waals surface area contributed by atoms with Gasteiger partial charge in [0.25, 0.3) is 5.56 Å². The Morgan fingerprint density at radius 2 is 1.81 bits per heavy atom. The van der Waals surface area contributed by atoms with E-state index in [-0.39, 0.29) is 18.0 Å². The molecule has 1 fully saturated rings. The fourth-order valence-corrected chi connectivity index (χ4v) is 3.97. The first-order chi connectivity index (χ1) is 15.1. The number of fused-ring (bicyclic) bond motifs is 1. The lowest BCUT2D eigenvalue weighted by atomic mass is 10.2. The smallest absolute Gasteiger partial charge is 0.328 e. The predicted octanol–water partition coefficient (Wildman–Crippen LogP) is 1.83. The van der Waals surface area contributed by atoms with Crippen LogP contribution in [0.4, 0.5) is 5.69 Å². The van der Waals surface area contributed by atoms with Crippen LogP contribution < -0.4 is 20.9 Å². The molecule has 0 aliphatic carbocycles. The Bertz CT molecular complexity index is 1190. The molecule has 0 atom stereocenters. The Morgan fingerprint density at radius 3 is 2.58 bits per heavy atom. The maximum Gasteiger partial charge on any atom is 0.328 e. The Hall–Kier alpha value is -3.55. The molecule has 0 radical (unpaired) electrons. The molecule has 0 unspecified atom stereocenters. The first-order valence-electron chi connectivity index (χ1n) is 10.5. The Balaban J connectivity index is 1.32. The molecule has 1 saturated heterocycles. The van der Waals surface area contributed by atoms with Gasteiger partial charge in [-0.3, -0.25) is 14.2 Å². The third-order valence-corrected chi connectivity index (χ3v) is 5.71. The Kier molecular flexibility index (Phi) is 6.06. The fourth-order valence-electron chi connectivity index (χ4n) is 3.97. The van der Waals surface area contributed by atoms with Crippen molar-refractivity contribution < 1.29 is 9.53 Å². The Morgan fingerprint density at radius 1 is 1.03 bits per heavy atom. The summed E-state index contributed by atoms with van der Waals surface area (Å²) in [6.45, 7) is 3.01. The van der Waals surface area contributed by atoms with Gasteiger partial charge in [-0.25, -0.2) is 4.79 Å². The van der Waals surface area contributed by atoms with E-state index in [1.807, 2.05) is 29.2 Å². The third-order valence-electron chi connectivity index (χ3n) is 5.71. The second-order valence-electron chi connectivity index (χ2n) is 7.61.